The van der Waals surface area contributed by atoms with Crippen molar-refractivity contribution in [1.82, 2.24) is 5.43 Å². The summed E-state index contributed by atoms with van der Waals surface area (Å²) in [4.78, 5) is 12.1. The zero-order chi connectivity index (χ0) is 16.8. The van der Waals surface area contributed by atoms with E-state index in [0.717, 1.165) is 15.6 Å². The van der Waals surface area contributed by atoms with Gasteiger partial charge < -0.3 is 4.74 Å². The van der Waals surface area contributed by atoms with E-state index >= 15 is 0 Å². The van der Waals surface area contributed by atoms with E-state index in [4.69, 9.17) is 16.3 Å². The van der Waals surface area contributed by atoms with Crippen LogP contribution >= 0.6 is 27.5 Å². The van der Waals surface area contributed by atoms with Gasteiger partial charge in [0.15, 0.2) is 0 Å². The number of aryl methyl sites for hydroxylation is 1. The van der Waals surface area contributed by atoms with Crippen LogP contribution in [0.2, 0.25) is 5.02 Å². The monoisotopic (exact) mass is 394 g/mol. The Morgan fingerprint density at radius 1 is 1.35 bits per heavy atom. The Kier molecular flexibility index (Phi) is 6.19. The number of hydrogen-bond acceptors (Lipinski definition) is 3. The van der Waals surface area contributed by atoms with E-state index in [2.05, 4.69) is 26.5 Å². The molecule has 0 fully saturated rings. The van der Waals surface area contributed by atoms with Crippen LogP contribution < -0.4 is 10.2 Å². The number of nitrogens with zero attached hydrogens (tertiary/aromatic N) is 1. The average molecular weight is 396 g/mol. The summed E-state index contributed by atoms with van der Waals surface area (Å²) >= 11 is 9.42. The van der Waals surface area contributed by atoms with Gasteiger partial charge in [0.1, 0.15) is 5.75 Å². The SMILES string of the molecule is CCOc1ccc(Br)cc1/C=N\NC(=O)c1ccc(C)c(Cl)c1. The summed E-state index contributed by atoms with van der Waals surface area (Å²) in [5, 5.41) is 4.53. The first-order valence-electron chi connectivity index (χ1n) is 7.03. The Balaban J connectivity index is 2.10. The molecule has 0 spiro atoms. The van der Waals surface area contributed by atoms with Crippen molar-refractivity contribution in [3.63, 3.8) is 0 Å². The van der Waals surface area contributed by atoms with Crippen LogP contribution in [-0.4, -0.2) is 18.7 Å². The van der Waals surface area contributed by atoms with Crippen molar-refractivity contribution in [3.05, 3.63) is 62.6 Å². The second kappa shape index (κ2) is 8.13. The lowest BCUT2D eigenvalue weighted by Crippen LogP contribution is -2.17. The standard InChI is InChI=1S/C17H16BrClN2O2/c1-3-23-16-7-6-14(18)8-13(16)10-20-21-17(22)12-5-4-11(2)15(19)9-12/h4-10H,3H2,1-2H3,(H,21,22)/b20-10-. The second-order valence-corrected chi connectivity index (χ2v) is 6.10. The maximum absolute atomic E-state index is 12.1. The summed E-state index contributed by atoms with van der Waals surface area (Å²) < 4.78 is 6.42. The fraction of sp³-hybridized carbons (Fsp3) is 0.176. The first-order chi connectivity index (χ1) is 11.0. The molecule has 0 bridgehead atoms. The first kappa shape index (κ1) is 17.5. The molecule has 2 aromatic carbocycles. The van der Waals surface area contributed by atoms with Crippen molar-refractivity contribution < 1.29 is 9.53 Å². The molecule has 0 heterocycles. The molecule has 23 heavy (non-hydrogen) atoms. The molecule has 2 rings (SSSR count). The highest BCUT2D eigenvalue weighted by molar-refractivity contribution is 9.10. The van der Waals surface area contributed by atoms with Crippen molar-refractivity contribution in [3.8, 4) is 5.75 Å². The Bertz CT molecular complexity index is 747. The lowest BCUT2D eigenvalue weighted by molar-refractivity contribution is 0.0955. The predicted octanol–water partition coefficient (Wildman–Crippen LogP) is 4.57. The number of halogens is 2. The quantitative estimate of drug-likeness (QED) is 0.595. The summed E-state index contributed by atoms with van der Waals surface area (Å²) in [6.45, 7) is 4.34. The van der Waals surface area contributed by atoms with E-state index in [1.54, 1.807) is 24.4 Å². The number of carbonyl (C=O) groups is 1. The van der Waals surface area contributed by atoms with E-state index in [1.165, 1.54) is 0 Å². The van der Waals surface area contributed by atoms with Crippen molar-refractivity contribution in [2.24, 2.45) is 5.10 Å². The number of amides is 1. The van der Waals surface area contributed by atoms with E-state index in [-0.39, 0.29) is 5.91 Å². The van der Waals surface area contributed by atoms with Crippen molar-refractivity contribution in [2.75, 3.05) is 6.61 Å². The minimum absolute atomic E-state index is 0.323. The lowest BCUT2D eigenvalue weighted by Gasteiger charge is -2.07. The Labute approximate surface area is 148 Å². The van der Waals surface area contributed by atoms with Gasteiger partial charge in [0.25, 0.3) is 5.91 Å². The van der Waals surface area contributed by atoms with Crippen LogP contribution in [0.3, 0.4) is 0 Å². The van der Waals surface area contributed by atoms with Gasteiger partial charge in [0.2, 0.25) is 0 Å². The maximum atomic E-state index is 12.1. The van der Waals surface area contributed by atoms with Crippen molar-refractivity contribution >= 4 is 39.7 Å². The molecule has 0 atom stereocenters. The zero-order valence-electron chi connectivity index (χ0n) is 12.8. The molecule has 6 heteroatoms. The van der Waals surface area contributed by atoms with Gasteiger partial charge >= 0.3 is 0 Å². The molecule has 1 amide bonds. The number of ether oxygens (including phenoxy) is 1. The molecule has 0 radical (unpaired) electrons. The molecule has 4 nitrogen and oxygen atoms in total. The smallest absolute Gasteiger partial charge is 0.271 e. The minimum atomic E-state index is -0.323. The van der Waals surface area contributed by atoms with Crippen LogP contribution in [0.4, 0.5) is 0 Å². The van der Waals surface area contributed by atoms with Crippen LogP contribution in [0.15, 0.2) is 46.0 Å². The number of nitrogens with one attached hydrogen (secondary N) is 1. The predicted molar refractivity (Wildman–Crippen MR) is 96.6 cm³/mol. The third-order valence-electron chi connectivity index (χ3n) is 3.08. The van der Waals surface area contributed by atoms with Crippen LogP contribution in [0.5, 0.6) is 5.75 Å². The Morgan fingerprint density at radius 2 is 2.13 bits per heavy atom. The van der Waals surface area contributed by atoms with Crippen molar-refractivity contribution in [2.45, 2.75) is 13.8 Å². The molecule has 0 aromatic heterocycles. The van der Waals surface area contributed by atoms with Gasteiger partial charge in [0, 0.05) is 20.6 Å². The summed E-state index contributed by atoms with van der Waals surface area (Å²) in [7, 11) is 0. The molecule has 0 aliphatic rings. The van der Waals surface area contributed by atoms with Gasteiger partial charge in [-0.2, -0.15) is 5.10 Å². The molecule has 0 aliphatic heterocycles. The van der Waals surface area contributed by atoms with Gasteiger partial charge in [-0.3, -0.25) is 4.79 Å². The van der Waals surface area contributed by atoms with Gasteiger partial charge in [-0.25, -0.2) is 5.43 Å². The van der Waals surface area contributed by atoms with Gasteiger partial charge in [0.05, 0.1) is 12.8 Å². The van der Waals surface area contributed by atoms with Crippen LogP contribution in [0, 0.1) is 6.92 Å². The summed E-state index contributed by atoms with van der Waals surface area (Å²) in [6, 6.07) is 10.7. The van der Waals surface area contributed by atoms with Crippen LogP contribution in [-0.2, 0) is 0 Å². The molecule has 2 aromatic rings. The third kappa shape index (κ3) is 4.81. The van der Waals surface area contributed by atoms with Crippen molar-refractivity contribution in [1.29, 1.82) is 0 Å². The second-order valence-electron chi connectivity index (χ2n) is 4.78. The largest absolute Gasteiger partial charge is 0.493 e. The molecule has 0 unspecified atom stereocenters. The minimum Gasteiger partial charge on any atom is -0.493 e. The van der Waals surface area contributed by atoms with E-state index in [9.17, 15) is 4.79 Å². The topological polar surface area (TPSA) is 50.7 Å². The highest BCUT2D eigenvalue weighted by Gasteiger charge is 2.07. The number of rotatable bonds is 5. The summed E-state index contributed by atoms with van der Waals surface area (Å²) in [5.74, 6) is 0.378. The first-order valence-corrected chi connectivity index (χ1v) is 8.20. The fourth-order valence-corrected chi connectivity index (χ4v) is 2.43. The van der Waals surface area contributed by atoms with Gasteiger partial charge in [-0.1, -0.05) is 33.6 Å². The van der Waals surface area contributed by atoms with Gasteiger partial charge in [-0.05, 0) is 49.7 Å². The van der Waals surface area contributed by atoms with Gasteiger partial charge in [-0.15, -0.1) is 0 Å². The Morgan fingerprint density at radius 3 is 2.83 bits per heavy atom. The fourth-order valence-electron chi connectivity index (χ4n) is 1.87. The normalized spacial score (nSPS) is 10.8. The van der Waals surface area contributed by atoms with E-state index < -0.39 is 0 Å². The highest BCUT2D eigenvalue weighted by Crippen LogP contribution is 2.21. The van der Waals surface area contributed by atoms with E-state index in [1.807, 2.05) is 32.0 Å². The molecule has 0 saturated heterocycles. The van der Waals surface area contributed by atoms with Crippen LogP contribution in [0.1, 0.15) is 28.4 Å². The third-order valence-corrected chi connectivity index (χ3v) is 3.98. The molecular weight excluding hydrogens is 380 g/mol. The lowest BCUT2D eigenvalue weighted by atomic mass is 10.1. The molecule has 0 aliphatic carbocycles. The van der Waals surface area contributed by atoms with E-state index in [0.29, 0.717) is 22.9 Å². The number of benzene rings is 2. The number of hydrazone groups is 1. The maximum Gasteiger partial charge on any atom is 0.271 e. The summed E-state index contributed by atoms with van der Waals surface area (Å²) in [6.07, 6.45) is 1.55. The highest BCUT2D eigenvalue weighted by atomic mass is 79.9. The zero-order valence-corrected chi connectivity index (χ0v) is 15.1. The molecule has 0 saturated carbocycles. The van der Waals surface area contributed by atoms with Crippen LogP contribution in [0.25, 0.3) is 0 Å². The Hall–Kier alpha value is -1.85. The number of hydrogen-bond donors (Lipinski definition) is 1. The summed E-state index contributed by atoms with van der Waals surface area (Å²) in [5.41, 5.74) is 4.63. The average Bonchev–Trinajstić information content (AvgIpc) is 2.52. The molecule has 1 N–H and O–H groups in total. The molecular formula is C17H16BrClN2O2. The number of carbonyl (C=O) groups excluding carboxylic acids is 1. The molecule has 120 valence electrons.